The van der Waals surface area contributed by atoms with E-state index in [1.54, 1.807) is 6.33 Å². The number of nitrogens with zero attached hydrogens (tertiary/aromatic N) is 4. The molecule has 20 heavy (non-hydrogen) atoms. The van der Waals surface area contributed by atoms with Gasteiger partial charge in [-0.3, -0.25) is 4.79 Å². The van der Waals surface area contributed by atoms with Crippen LogP contribution in [0.1, 0.15) is 37.4 Å². The van der Waals surface area contributed by atoms with Crippen LogP contribution >= 0.6 is 0 Å². The molecule has 0 aromatic carbocycles. The van der Waals surface area contributed by atoms with Crippen molar-refractivity contribution in [3.63, 3.8) is 0 Å². The van der Waals surface area contributed by atoms with Crippen molar-refractivity contribution >= 4 is 5.91 Å². The molecular weight excluding hydrogens is 254 g/mol. The summed E-state index contributed by atoms with van der Waals surface area (Å²) in [7, 11) is 1.97. The lowest BCUT2D eigenvalue weighted by Crippen LogP contribution is -2.46. The standard InChI is InChI=1S/C14H23N5O/c1-18-10-16-17-13(18)12-5-3-7-19(9-12)14(20)11-4-2-6-15-8-11/h10-12,15H,2-9H2,1H3/t11-,12?/m0/s1. The zero-order valence-electron chi connectivity index (χ0n) is 12.1. The summed E-state index contributed by atoms with van der Waals surface area (Å²) < 4.78 is 1.97. The van der Waals surface area contributed by atoms with Crippen molar-refractivity contribution in [1.29, 1.82) is 0 Å². The van der Waals surface area contributed by atoms with Gasteiger partial charge >= 0.3 is 0 Å². The summed E-state index contributed by atoms with van der Waals surface area (Å²) in [5.41, 5.74) is 0. The Kier molecular flexibility index (Phi) is 4.00. The van der Waals surface area contributed by atoms with Crippen molar-refractivity contribution in [3.8, 4) is 0 Å². The van der Waals surface area contributed by atoms with Gasteiger partial charge in [-0.15, -0.1) is 10.2 Å². The second-order valence-electron chi connectivity index (χ2n) is 5.97. The minimum Gasteiger partial charge on any atom is -0.342 e. The van der Waals surface area contributed by atoms with Crippen LogP contribution in [0.2, 0.25) is 0 Å². The van der Waals surface area contributed by atoms with Gasteiger partial charge in [-0.2, -0.15) is 0 Å². The molecule has 2 saturated heterocycles. The molecule has 1 aromatic rings. The Balaban J connectivity index is 1.65. The molecule has 0 spiro atoms. The summed E-state index contributed by atoms with van der Waals surface area (Å²) in [6.07, 6.45) is 6.03. The first-order chi connectivity index (χ1) is 9.75. The third-order valence-corrected chi connectivity index (χ3v) is 4.49. The fraction of sp³-hybridized carbons (Fsp3) is 0.786. The average Bonchev–Trinajstić information content (AvgIpc) is 2.94. The van der Waals surface area contributed by atoms with Gasteiger partial charge in [-0.05, 0) is 32.2 Å². The molecule has 6 nitrogen and oxygen atoms in total. The van der Waals surface area contributed by atoms with Gasteiger partial charge in [0, 0.05) is 32.6 Å². The number of carbonyl (C=O) groups excluding carboxylic acids is 1. The third kappa shape index (κ3) is 2.70. The predicted molar refractivity (Wildman–Crippen MR) is 75.2 cm³/mol. The van der Waals surface area contributed by atoms with Gasteiger partial charge in [0.05, 0.1) is 5.92 Å². The first kappa shape index (κ1) is 13.5. The molecule has 0 radical (unpaired) electrons. The van der Waals surface area contributed by atoms with Crippen LogP contribution in [-0.2, 0) is 11.8 Å². The molecule has 0 saturated carbocycles. The summed E-state index contributed by atoms with van der Waals surface area (Å²) in [6.45, 7) is 3.57. The van der Waals surface area contributed by atoms with E-state index in [0.29, 0.717) is 11.8 Å². The number of carbonyl (C=O) groups is 1. The maximum atomic E-state index is 12.6. The van der Waals surface area contributed by atoms with Crippen LogP contribution < -0.4 is 5.32 Å². The number of rotatable bonds is 2. The number of piperidine rings is 2. The lowest BCUT2D eigenvalue weighted by molar-refractivity contribution is -0.137. The molecule has 6 heteroatoms. The van der Waals surface area contributed by atoms with E-state index in [2.05, 4.69) is 15.5 Å². The second-order valence-corrected chi connectivity index (χ2v) is 5.97. The van der Waals surface area contributed by atoms with Gasteiger partial charge in [-0.25, -0.2) is 0 Å². The number of amides is 1. The summed E-state index contributed by atoms with van der Waals surface area (Å²) in [4.78, 5) is 14.6. The molecule has 2 aliphatic heterocycles. The van der Waals surface area contributed by atoms with Gasteiger partial charge < -0.3 is 14.8 Å². The van der Waals surface area contributed by atoms with Crippen molar-refractivity contribution < 1.29 is 4.79 Å². The van der Waals surface area contributed by atoms with Crippen molar-refractivity contribution in [3.05, 3.63) is 12.2 Å². The molecule has 3 heterocycles. The zero-order chi connectivity index (χ0) is 13.9. The number of aryl methyl sites for hydroxylation is 1. The van der Waals surface area contributed by atoms with E-state index in [0.717, 1.165) is 57.7 Å². The van der Waals surface area contributed by atoms with E-state index in [9.17, 15) is 4.79 Å². The van der Waals surface area contributed by atoms with Crippen LogP contribution in [0, 0.1) is 5.92 Å². The highest BCUT2D eigenvalue weighted by Crippen LogP contribution is 2.26. The number of nitrogens with one attached hydrogen (secondary N) is 1. The van der Waals surface area contributed by atoms with Crippen LogP contribution in [0.4, 0.5) is 0 Å². The first-order valence-corrected chi connectivity index (χ1v) is 7.59. The van der Waals surface area contributed by atoms with Gasteiger partial charge in [0.15, 0.2) is 0 Å². The molecule has 2 fully saturated rings. The predicted octanol–water partition coefficient (Wildman–Crippen LogP) is 0.521. The maximum Gasteiger partial charge on any atom is 0.226 e. The summed E-state index contributed by atoms with van der Waals surface area (Å²) in [5.74, 6) is 1.83. The molecule has 1 unspecified atom stereocenters. The lowest BCUT2D eigenvalue weighted by Gasteiger charge is -2.35. The Morgan fingerprint density at radius 3 is 3.00 bits per heavy atom. The molecule has 110 valence electrons. The topological polar surface area (TPSA) is 63.1 Å². The smallest absolute Gasteiger partial charge is 0.226 e. The number of hydrogen-bond acceptors (Lipinski definition) is 4. The molecule has 0 aliphatic carbocycles. The maximum absolute atomic E-state index is 12.6. The monoisotopic (exact) mass is 277 g/mol. The fourth-order valence-electron chi connectivity index (χ4n) is 3.37. The highest BCUT2D eigenvalue weighted by Gasteiger charge is 2.31. The van der Waals surface area contributed by atoms with Crippen LogP contribution in [0.3, 0.4) is 0 Å². The van der Waals surface area contributed by atoms with Crippen molar-refractivity contribution in [2.75, 3.05) is 26.2 Å². The molecular formula is C14H23N5O. The second kappa shape index (κ2) is 5.91. The van der Waals surface area contributed by atoms with E-state index in [1.165, 1.54) is 0 Å². The highest BCUT2D eigenvalue weighted by molar-refractivity contribution is 5.79. The SMILES string of the molecule is Cn1cnnc1C1CCCN(C(=O)[C@H]2CCCNC2)C1. The first-order valence-electron chi connectivity index (χ1n) is 7.59. The third-order valence-electron chi connectivity index (χ3n) is 4.49. The van der Waals surface area contributed by atoms with Gasteiger partial charge in [0.2, 0.25) is 5.91 Å². The summed E-state index contributed by atoms with van der Waals surface area (Å²) >= 11 is 0. The lowest BCUT2D eigenvalue weighted by atomic mass is 9.93. The van der Waals surface area contributed by atoms with Crippen LogP contribution in [0.5, 0.6) is 0 Å². The van der Waals surface area contributed by atoms with Crippen molar-refractivity contribution in [2.24, 2.45) is 13.0 Å². The quantitative estimate of drug-likeness (QED) is 0.856. The molecule has 1 N–H and O–H groups in total. The molecule has 2 atom stereocenters. The van der Waals surface area contributed by atoms with E-state index in [4.69, 9.17) is 0 Å². The van der Waals surface area contributed by atoms with Crippen LogP contribution in [0.25, 0.3) is 0 Å². The molecule has 3 rings (SSSR count). The van der Waals surface area contributed by atoms with Gasteiger partial charge in [0.25, 0.3) is 0 Å². The highest BCUT2D eigenvalue weighted by atomic mass is 16.2. The van der Waals surface area contributed by atoms with Gasteiger partial charge in [-0.1, -0.05) is 0 Å². The molecule has 1 aromatic heterocycles. The largest absolute Gasteiger partial charge is 0.342 e. The molecule has 0 bridgehead atoms. The summed E-state index contributed by atoms with van der Waals surface area (Å²) in [6, 6.07) is 0. The Labute approximate surface area is 119 Å². The van der Waals surface area contributed by atoms with Crippen molar-refractivity contribution in [1.82, 2.24) is 25.0 Å². The average molecular weight is 277 g/mol. The normalized spacial score (nSPS) is 27.6. The zero-order valence-corrected chi connectivity index (χ0v) is 12.1. The fourth-order valence-corrected chi connectivity index (χ4v) is 3.37. The Hall–Kier alpha value is -1.43. The number of aromatic nitrogens is 3. The van der Waals surface area contributed by atoms with E-state index >= 15 is 0 Å². The Morgan fingerprint density at radius 1 is 1.40 bits per heavy atom. The minimum absolute atomic E-state index is 0.169. The summed E-state index contributed by atoms with van der Waals surface area (Å²) in [5, 5.41) is 11.5. The van der Waals surface area contributed by atoms with E-state index in [-0.39, 0.29) is 5.92 Å². The minimum atomic E-state index is 0.169. The Morgan fingerprint density at radius 2 is 2.30 bits per heavy atom. The van der Waals surface area contributed by atoms with Gasteiger partial charge in [0.1, 0.15) is 12.2 Å². The van der Waals surface area contributed by atoms with E-state index in [1.807, 2.05) is 16.5 Å². The number of likely N-dealkylation sites (tertiary alicyclic amines) is 1. The van der Waals surface area contributed by atoms with Crippen molar-refractivity contribution in [2.45, 2.75) is 31.6 Å². The molecule has 1 amide bonds. The van der Waals surface area contributed by atoms with E-state index < -0.39 is 0 Å². The number of hydrogen-bond donors (Lipinski definition) is 1. The van der Waals surface area contributed by atoms with Crippen LogP contribution in [0.15, 0.2) is 6.33 Å². The molecule has 2 aliphatic rings. The van der Waals surface area contributed by atoms with Crippen LogP contribution in [-0.4, -0.2) is 51.8 Å². The Bertz CT molecular complexity index is 466.